The van der Waals surface area contributed by atoms with Crippen LogP contribution < -0.4 is 10.6 Å². The molecule has 0 spiro atoms. The third kappa shape index (κ3) is 3.65. The molecule has 6 heteroatoms. The molecule has 0 bridgehead atoms. The maximum Gasteiger partial charge on any atom is 0.163 e. The summed E-state index contributed by atoms with van der Waals surface area (Å²) in [5.41, 5.74) is 0.938. The van der Waals surface area contributed by atoms with Crippen LogP contribution in [0.1, 0.15) is 12.8 Å². The first-order valence-corrected chi connectivity index (χ1v) is 6.62. The van der Waals surface area contributed by atoms with Gasteiger partial charge in [-0.1, -0.05) is 0 Å². The highest BCUT2D eigenvalue weighted by molar-refractivity contribution is 5.85. The molecule has 1 aliphatic rings. The first-order chi connectivity index (χ1) is 9.42. The van der Waals surface area contributed by atoms with Crippen molar-refractivity contribution in [2.45, 2.75) is 18.9 Å². The molecule has 3 rings (SSSR count). The third-order valence-corrected chi connectivity index (χ3v) is 3.22. The zero-order valence-electron chi connectivity index (χ0n) is 11.1. The summed E-state index contributed by atoms with van der Waals surface area (Å²) in [7, 11) is 0. The van der Waals surface area contributed by atoms with Crippen molar-refractivity contribution >= 4 is 18.2 Å². The number of piperidine rings is 1. The van der Waals surface area contributed by atoms with Crippen LogP contribution in [0.15, 0.2) is 36.8 Å². The molecule has 0 radical (unpaired) electrons. The molecule has 106 valence electrons. The molecular weight excluding hydrogens is 274 g/mol. The number of nitrogens with zero attached hydrogens (tertiary/aromatic N) is 3. The van der Waals surface area contributed by atoms with E-state index in [-0.39, 0.29) is 12.4 Å². The Bertz CT molecular complexity index is 528. The molecule has 2 N–H and O–H groups in total. The molecule has 1 fully saturated rings. The van der Waals surface area contributed by atoms with Crippen LogP contribution in [0.25, 0.3) is 11.4 Å². The second kappa shape index (κ2) is 7.17. The number of halogens is 1. The summed E-state index contributed by atoms with van der Waals surface area (Å²) in [5, 5.41) is 6.84. The molecule has 5 nitrogen and oxygen atoms in total. The Balaban J connectivity index is 0.00000147. The van der Waals surface area contributed by atoms with Gasteiger partial charge in [0.1, 0.15) is 5.82 Å². The summed E-state index contributed by atoms with van der Waals surface area (Å²) < 4.78 is 0. The van der Waals surface area contributed by atoms with E-state index in [1.807, 2.05) is 18.2 Å². The van der Waals surface area contributed by atoms with Crippen LogP contribution in [0.5, 0.6) is 0 Å². The zero-order valence-corrected chi connectivity index (χ0v) is 11.9. The quantitative estimate of drug-likeness (QED) is 0.907. The lowest BCUT2D eigenvalue weighted by molar-refractivity contribution is 0.479. The van der Waals surface area contributed by atoms with Gasteiger partial charge in [-0.3, -0.25) is 4.98 Å². The van der Waals surface area contributed by atoms with Crippen LogP contribution in [0, 0.1) is 0 Å². The van der Waals surface area contributed by atoms with Crippen molar-refractivity contribution in [3.63, 3.8) is 0 Å². The van der Waals surface area contributed by atoms with Crippen LogP contribution in [-0.4, -0.2) is 34.1 Å². The van der Waals surface area contributed by atoms with Crippen molar-refractivity contribution in [2.24, 2.45) is 0 Å². The minimum absolute atomic E-state index is 0. The Morgan fingerprint density at radius 2 is 2.20 bits per heavy atom. The van der Waals surface area contributed by atoms with Gasteiger partial charge in [-0.2, -0.15) is 0 Å². The molecule has 2 aromatic rings. The second-order valence-corrected chi connectivity index (χ2v) is 4.69. The molecule has 2 aromatic heterocycles. The van der Waals surface area contributed by atoms with Gasteiger partial charge in [0.25, 0.3) is 0 Å². The number of hydrogen-bond donors (Lipinski definition) is 2. The Morgan fingerprint density at radius 1 is 1.25 bits per heavy atom. The predicted octanol–water partition coefficient (Wildman–Crippen LogP) is 2.12. The van der Waals surface area contributed by atoms with Gasteiger partial charge < -0.3 is 10.6 Å². The summed E-state index contributed by atoms with van der Waals surface area (Å²) in [4.78, 5) is 12.9. The first-order valence-electron chi connectivity index (χ1n) is 6.62. The van der Waals surface area contributed by atoms with Crippen LogP contribution >= 0.6 is 12.4 Å². The van der Waals surface area contributed by atoms with Crippen molar-refractivity contribution in [3.05, 3.63) is 36.8 Å². The van der Waals surface area contributed by atoms with Crippen LogP contribution in [0.4, 0.5) is 5.82 Å². The zero-order chi connectivity index (χ0) is 12.9. The molecular formula is C14H18ClN5. The van der Waals surface area contributed by atoms with E-state index in [2.05, 4.69) is 25.6 Å². The lowest BCUT2D eigenvalue weighted by Gasteiger charge is -2.24. The van der Waals surface area contributed by atoms with Crippen molar-refractivity contribution in [2.75, 3.05) is 18.4 Å². The highest BCUT2D eigenvalue weighted by Gasteiger charge is 2.13. The Labute approximate surface area is 124 Å². The van der Waals surface area contributed by atoms with Crippen LogP contribution in [-0.2, 0) is 0 Å². The van der Waals surface area contributed by atoms with E-state index in [1.165, 1.54) is 12.8 Å². The molecule has 0 saturated carbocycles. The van der Waals surface area contributed by atoms with Crippen LogP contribution in [0.3, 0.4) is 0 Å². The van der Waals surface area contributed by atoms with Gasteiger partial charge >= 0.3 is 0 Å². The number of anilines is 1. The monoisotopic (exact) mass is 291 g/mol. The summed E-state index contributed by atoms with van der Waals surface area (Å²) in [5.74, 6) is 1.59. The summed E-state index contributed by atoms with van der Waals surface area (Å²) in [6, 6.07) is 6.22. The largest absolute Gasteiger partial charge is 0.366 e. The molecule has 1 atom stereocenters. The van der Waals surface area contributed by atoms with Gasteiger partial charge in [-0.15, -0.1) is 12.4 Å². The maximum absolute atomic E-state index is 4.55. The fraction of sp³-hybridized carbons (Fsp3) is 0.357. The van der Waals surface area contributed by atoms with Crippen molar-refractivity contribution in [1.82, 2.24) is 20.3 Å². The number of nitrogens with one attached hydrogen (secondary N) is 2. The fourth-order valence-electron chi connectivity index (χ4n) is 2.26. The molecule has 0 aromatic carbocycles. The first kappa shape index (κ1) is 14.7. The molecule has 1 aliphatic heterocycles. The van der Waals surface area contributed by atoms with Gasteiger partial charge in [-0.05, 0) is 37.6 Å². The highest BCUT2D eigenvalue weighted by Crippen LogP contribution is 2.16. The molecule has 3 heterocycles. The van der Waals surface area contributed by atoms with E-state index in [0.717, 1.165) is 24.5 Å². The van der Waals surface area contributed by atoms with E-state index in [0.29, 0.717) is 11.9 Å². The van der Waals surface area contributed by atoms with E-state index in [1.54, 1.807) is 18.6 Å². The molecule has 20 heavy (non-hydrogen) atoms. The second-order valence-electron chi connectivity index (χ2n) is 4.69. The minimum atomic E-state index is 0. The van der Waals surface area contributed by atoms with Gasteiger partial charge in [0, 0.05) is 36.7 Å². The van der Waals surface area contributed by atoms with Gasteiger partial charge in [0.2, 0.25) is 0 Å². The van der Waals surface area contributed by atoms with E-state index >= 15 is 0 Å². The maximum atomic E-state index is 4.55. The standard InChI is InChI=1S/C14H17N5.ClH/c1-3-11(9-15-6-1)14-17-8-5-13(19-14)18-12-4-2-7-16-10-12;/h1,3,5-6,8-9,12,16H,2,4,7,10H2,(H,17,18,19);1H. The smallest absolute Gasteiger partial charge is 0.163 e. The molecule has 0 amide bonds. The van der Waals surface area contributed by atoms with Crippen molar-refractivity contribution < 1.29 is 0 Å². The van der Waals surface area contributed by atoms with Gasteiger partial charge in [0.05, 0.1) is 0 Å². The average Bonchev–Trinajstić information content (AvgIpc) is 2.49. The predicted molar refractivity (Wildman–Crippen MR) is 82.0 cm³/mol. The Morgan fingerprint density at radius 3 is 2.95 bits per heavy atom. The summed E-state index contributed by atoms with van der Waals surface area (Å²) >= 11 is 0. The normalized spacial score (nSPS) is 18.1. The number of aromatic nitrogens is 3. The molecule has 1 unspecified atom stereocenters. The number of pyridine rings is 1. The molecule has 0 aliphatic carbocycles. The third-order valence-electron chi connectivity index (χ3n) is 3.22. The summed E-state index contributed by atoms with van der Waals surface area (Å²) in [6.45, 7) is 2.11. The lowest BCUT2D eigenvalue weighted by Crippen LogP contribution is -2.38. The number of rotatable bonds is 3. The Hall–Kier alpha value is -1.72. The average molecular weight is 292 g/mol. The van der Waals surface area contributed by atoms with Gasteiger partial charge in [-0.25, -0.2) is 9.97 Å². The lowest BCUT2D eigenvalue weighted by atomic mass is 10.1. The highest BCUT2D eigenvalue weighted by atomic mass is 35.5. The SMILES string of the molecule is Cl.c1cncc(-c2nccc(NC3CCCNC3)n2)c1. The van der Waals surface area contributed by atoms with Crippen molar-refractivity contribution in [3.8, 4) is 11.4 Å². The van der Waals surface area contributed by atoms with Crippen molar-refractivity contribution in [1.29, 1.82) is 0 Å². The Kier molecular flexibility index (Phi) is 5.26. The molecule has 1 saturated heterocycles. The van der Waals surface area contributed by atoms with Gasteiger partial charge in [0.15, 0.2) is 5.82 Å². The van der Waals surface area contributed by atoms with E-state index in [9.17, 15) is 0 Å². The topological polar surface area (TPSA) is 62.7 Å². The van der Waals surface area contributed by atoms with E-state index < -0.39 is 0 Å². The fourth-order valence-corrected chi connectivity index (χ4v) is 2.26. The van der Waals surface area contributed by atoms with Crippen LogP contribution in [0.2, 0.25) is 0 Å². The van der Waals surface area contributed by atoms with E-state index in [4.69, 9.17) is 0 Å². The minimum Gasteiger partial charge on any atom is -0.366 e. The summed E-state index contributed by atoms with van der Waals surface area (Å²) in [6.07, 6.45) is 7.70. The number of hydrogen-bond acceptors (Lipinski definition) is 5.